The Morgan fingerprint density at radius 2 is 2.17 bits per heavy atom. The minimum Gasteiger partial charge on any atom is -0.378 e. The summed E-state index contributed by atoms with van der Waals surface area (Å²) in [5, 5.41) is 16.9. The average Bonchev–Trinajstić information content (AvgIpc) is 2.76. The van der Waals surface area contributed by atoms with Crippen molar-refractivity contribution < 1.29 is 4.74 Å². The van der Waals surface area contributed by atoms with E-state index in [1.54, 1.807) is 11.8 Å². The Morgan fingerprint density at radius 3 is 2.83 bits per heavy atom. The lowest BCUT2D eigenvalue weighted by Crippen LogP contribution is -2.06. The first-order valence-corrected chi connectivity index (χ1v) is 5.58. The number of rotatable bonds is 3. The third-order valence-electron chi connectivity index (χ3n) is 2.74. The number of hydrogen-bond acceptors (Lipinski definition) is 4. The van der Waals surface area contributed by atoms with Crippen LogP contribution in [0.2, 0.25) is 0 Å². The molecule has 1 aromatic carbocycles. The minimum absolute atomic E-state index is 0.303. The van der Waals surface area contributed by atoms with Crippen molar-refractivity contribution in [1.82, 2.24) is 15.0 Å². The fourth-order valence-corrected chi connectivity index (χ4v) is 1.80. The summed E-state index contributed by atoms with van der Waals surface area (Å²) in [4.78, 5) is 0. The second-order valence-corrected chi connectivity index (χ2v) is 4.13. The molecule has 1 heterocycles. The van der Waals surface area contributed by atoms with Crippen LogP contribution in [0.3, 0.4) is 0 Å². The second kappa shape index (κ2) is 4.98. The van der Waals surface area contributed by atoms with Crippen LogP contribution in [0, 0.1) is 25.2 Å². The van der Waals surface area contributed by atoms with E-state index >= 15 is 0 Å². The number of aryl methyl sites for hydroxylation is 2. The van der Waals surface area contributed by atoms with Crippen LogP contribution in [-0.4, -0.2) is 22.1 Å². The van der Waals surface area contributed by atoms with Gasteiger partial charge in [0.25, 0.3) is 0 Å². The second-order valence-electron chi connectivity index (χ2n) is 4.13. The maximum absolute atomic E-state index is 9.01. The maximum atomic E-state index is 9.01. The molecular formula is C13H14N4O. The van der Waals surface area contributed by atoms with Gasteiger partial charge in [-0.1, -0.05) is 17.3 Å². The van der Waals surface area contributed by atoms with Crippen molar-refractivity contribution in [2.24, 2.45) is 0 Å². The zero-order valence-corrected chi connectivity index (χ0v) is 10.6. The highest BCUT2D eigenvalue weighted by Gasteiger charge is 2.15. The van der Waals surface area contributed by atoms with Crippen molar-refractivity contribution in [1.29, 1.82) is 5.26 Å². The quantitative estimate of drug-likeness (QED) is 0.824. The van der Waals surface area contributed by atoms with Crippen LogP contribution in [0.5, 0.6) is 0 Å². The molecule has 18 heavy (non-hydrogen) atoms. The van der Waals surface area contributed by atoms with Gasteiger partial charge < -0.3 is 4.74 Å². The molecular weight excluding hydrogens is 228 g/mol. The predicted molar refractivity (Wildman–Crippen MR) is 66.3 cm³/mol. The molecule has 2 aromatic rings. The molecule has 0 aliphatic heterocycles. The smallest absolute Gasteiger partial charge is 0.188 e. The zero-order chi connectivity index (χ0) is 13.1. The summed E-state index contributed by atoms with van der Waals surface area (Å²) in [6.07, 6.45) is 0. The first-order chi connectivity index (χ1) is 8.67. The standard InChI is InChI=1S/C13H14N4O/c1-9-4-5-10(2)12(6-9)17-13(8-18-3)11(7-14)15-16-17/h4-6H,8H2,1-3H3. The van der Waals surface area contributed by atoms with Crippen LogP contribution in [-0.2, 0) is 11.3 Å². The van der Waals surface area contributed by atoms with Gasteiger partial charge in [-0.2, -0.15) is 5.26 Å². The fourth-order valence-electron chi connectivity index (χ4n) is 1.80. The topological polar surface area (TPSA) is 63.7 Å². The summed E-state index contributed by atoms with van der Waals surface area (Å²) in [5.74, 6) is 0. The highest BCUT2D eigenvalue weighted by atomic mass is 16.5. The molecule has 0 amide bonds. The van der Waals surface area contributed by atoms with Crippen molar-refractivity contribution in [3.8, 4) is 11.8 Å². The Balaban J connectivity index is 2.60. The summed E-state index contributed by atoms with van der Waals surface area (Å²) in [6, 6.07) is 8.11. The molecule has 5 nitrogen and oxygen atoms in total. The van der Waals surface area contributed by atoms with Gasteiger partial charge in [-0.25, -0.2) is 4.68 Å². The highest BCUT2D eigenvalue weighted by molar-refractivity contribution is 5.44. The molecule has 5 heteroatoms. The van der Waals surface area contributed by atoms with E-state index in [0.29, 0.717) is 18.0 Å². The van der Waals surface area contributed by atoms with E-state index < -0.39 is 0 Å². The van der Waals surface area contributed by atoms with Crippen molar-refractivity contribution in [3.63, 3.8) is 0 Å². The highest BCUT2D eigenvalue weighted by Crippen LogP contribution is 2.18. The van der Waals surface area contributed by atoms with Gasteiger partial charge in [0.15, 0.2) is 5.69 Å². The largest absolute Gasteiger partial charge is 0.378 e. The number of methoxy groups -OCH3 is 1. The van der Waals surface area contributed by atoms with Crippen LogP contribution in [0.1, 0.15) is 22.5 Å². The maximum Gasteiger partial charge on any atom is 0.188 e. The van der Waals surface area contributed by atoms with Gasteiger partial charge in [0.05, 0.1) is 12.3 Å². The number of ether oxygens (including phenoxy) is 1. The number of hydrogen-bond donors (Lipinski definition) is 0. The van der Waals surface area contributed by atoms with Gasteiger partial charge in [0, 0.05) is 7.11 Å². The number of nitrogens with zero attached hydrogens (tertiary/aromatic N) is 4. The normalized spacial score (nSPS) is 10.3. The first-order valence-electron chi connectivity index (χ1n) is 5.58. The Bertz CT molecular complexity index is 610. The lowest BCUT2D eigenvalue weighted by molar-refractivity contribution is 0.179. The number of benzene rings is 1. The Labute approximate surface area is 106 Å². The molecule has 0 aliphatic rings. The van der Waals surface area contributed by atoms with E-state index in [9.17, 15) is 0 Å². The molecule has 0 bridgehead atoms. The van der Waals surface area contributed by atoms with E-state index in [4.69, 9.17) is 10.00 Å². The van der Waals surface area contributed by atoms with Crippen LogP contribution in [0.15, 0.2) is 18.2 Å². The van der Waals surface area contributed by atoms with Gasteiger partial charge in [0.2, 0.25) is 0 Å². The van der Waals surface area contributed by atoms with Gasteiger partial charge >= 0.3 is 0 Å². The monoisotopic (exact) mass is 242 g/mol. The van der Waals surface area contributed by atoms with E-state index in [-0.39, 0.29) is 0 Å². The fraction of sp³-hybridized carbons (Fsp3) is 0.308. The lowest BCUT2D eigenvalue weighted by atomic mass is 10.1. The third kappa shape index (κ3) is 2.11. The summed E-state index contributed by atoms with van der Waals surface area (Å²) in [5.41, 5.74) is 4.11. The van der Waals surface area contributed by atoms with E-state index in [1.807, 2.05) is 38.1 Å². The molecule has 0 radical (unpaired) electrons. The van der Waals surface area contributed by atoms with Crippen molar-refractivity contribution in [2.75, 3.05) is 7.11 Å². The summed E-state index contributed by atoms with van der Waals surface area (Å²) < 4.78 is 6.78. The molecule has 0 saturated carbocycles. The summed E-state index contributed by atoms with van der Waals surface area (Å²) >= 11 is 0. The summed E-state index contributed by atoms with van der Waals surface area (Å²) in [6.45, 7) is 4.32. The molecule has 2 rings (SSSR count). The Hall–Kier alpha value is -2.19. The van der Waals surface area contributed by atoms with Crippen molar-refractivity contribution in [3.05, 3.63) is 40.7 Å². The van der Waals surface area contributed by atoms with Gasteiger partial charge in [0.1, 0.15) is 11.8 Å². The molecule has 0 fully saturated rings. The third-order valence-corrected chi connectivity index (χ3v) is 2.74. The van der Waals surface area contributed by atoms with Gasteiger partial charge in [-0.3, -0.25) is 0 Å². The Kier molecular flexibility index (Phi) is 3.40. The van der Waals surface area contributed by atoms with Crippen LogP contribution >= 0.6 is 0 Å². The van der Waals surface area contributed by atoms with E-state index in [0.717, 1.165) is 16.8 Å². The first kappa shape index (κ1) is 12.3. The molecule has 0 spiro atoms. The molecule has 1 aromatic heterocycles. The molecule has 92 valence electrons. The van der Waals surface area contributed by atoms with E-state index in [1.165, 1.54) is 0 Å². The summed E-state index contributed by atoms with van der Waals surface area (Å²) in [7, 11) is 1.58. The van der Waals surface area contributed by atoms with Gasteiger partial charge in [-0.05, 0) is 31.0 Å². The Morgan fingerprint density at radius 1 is 1.39 bits per heavy atom. The molecule has 0 saturated heterocycles. The molecule has 0 aliphatic carbocycles. The molecule has 0 atom stereocenters. The zero-order valence-electron chi connectivity index (χ0n) is 10.6. The number of nitriles is 1. The minimum atomic E-state index is 0.303. The SMILES string of the molecule is COCc1c(C#N)nnn1-c1cc(C)ccc1C. The van der Waals surface area contributed by atoms with Crippen LogP contribution < -0.4 is 0 Å². The van der Waals surface area contributed by atoms with Crippen LogP contribution in [0.4, 0.5) is 0 Å². The predicted octanol–water partition coefficient (Wildman–Crippen LogP) is 1.90. The average molecular weight is 242 g/mol. The van der Waals surface area contributed by atoms with Crippen LogP contribution in [0.25, 0.3) is 5.69 Å². The molecule has 0 unspecified atom stereocenters. The van der Waals surface area contributed by atoms with Crippen molar-refractivity contribution >= 4 is 0 Å². The van der Waals surface area contributed by atoms with Crippen molar-refractivity contribution in [2.45, 2.75) is 20.5 Å². The van der Waals surface area contributed by atoms with E-state index in [2.05, 4.69) is 10.3 Å². The molecule has 0 N–H and O–H groups in total. The lowest BCUT2D eigenvalue weighted by Gasteiger charge is -2.09. The number of aromatic nitrogens is 3. The van der Waals surface area contributed by atoms with Gasteiger partial charge in [-0.15, -0.1) is 5.10 Å².